The molecule has 0 atom stereocenters. The molecule has 8 nitrogen and oxygen atoms in total. The summed E-state index contributed by atoms with van der Waals surface area (Å²) < 4.78 is 16.8. The quantitative estimate of drug-likeness (QED) is 0.501. The molecule has 178 valence electrons. The Morgan fingerprint density at radius 3 is 2.71 bits per heavy atom. The Morgan fingerprint density at radius 2 is 1.89 bits per heavy atom. The van der Waals surface area contributed by atoms with Crippen LogP contribution in [0.3, 0.4) is 0 Å². The lowest BCUT2D eigenvalue weighted by molar-refractivity contribution is -0.127. The first-order valence-corrected chi connectivity index (χ1v) is 11.9. The topological polar surface area (TPSA) is 94.2 Å². The SMILES string of the molecule is CCOc1ccc2ccccc2c1/C=C1/SC(=O)N(CC(=O)Nc2ccc3c(c2)OCCO3)C1=O. The van der Waals surface area contributed by atoms with Crippen LogP contribution in [-0.2, 0) is 9.59 Å². The van der Waals surface area contributed by atoms with Crippen LogP contribution < -0.4 is 19.5 Å². The predicted octanol–water partition coefficient (Wildman–Crippen LogP) is 4.68. The first kappa shape index (κ1) is 22.8. The van der Waals surface area contributed by atoms with E-state index in [0.29, 0.717) is 42.8 Å². The number of amides is 3. The molecule has 0 unspecified atom stereocenters. The third kappa shape index (κ3) is 4.67. The van der Waals surface area contributed by atoms with Crippen LogP contribution in [0.2, 0.25) is 0 Å². The van der Waals surface area contributed by atoms with Gasteiger partial charge in [0.25, 0.3) is 11.1 Å². The van der Waals surface area contributed by atoms with Crippen molar-refractivity contribution >= 4 is 51.4 Å². The standard InChI is InChI=1S/C26H22N2O6S/c1-2-32-20-9-7-16-5-3-4-6-18(16)19(20)14-23-25(30)28(26(31)35-23)15-24(29)27-17-8-10-21-22(13-17)34-12-11-33-21/h3-10,13-14H,2,11-12,15H2,1H3,(H,27,29)/b23-14+. The van der Waals surface area contributed by atoms with E-state index in [1.807, 2.05) is 43.3 Å². The number of fused-ring (bicyclic) bond motifs is 2. The second-order valence-corrected chi connectivity index (χ2v) is 8.80. The third-order valence-corrected chi connectivity index (χ3v) is 6.41. The molecule has 35 heavy (non-hydrogen) atoms. The molecule has 2 heterocycles. The number of nitrogens with one attached hydrogen (secondary N) is 1. The smallest absolute Gasteiger partial charge is 0.294 e. The molecule has 3 aromatic carbocycles. The van der Waals surface area contributed by atoms with Crippen LogP contribution in [0, 0.1) is 0 Å². The van der Waals surface area contributed by atoms with Gasteiger partial charge in [-0.15, -0.1) is 0 Å². The van der Waals surface area contributed by atoms with E-state index in [4.69, 9.17) is 14.2 Å². The summed E-state index contributed by atoms with van der Waals surface area (Å²) in [5.74, 6) is 0.737. The van der Waals surface area contributed by atoms with Crippen molar-refractivity contribution in [1.29, 1.82) is 0 Å². The van der Waals surface area contributed by atoms with E-state index >= 15 is 0 Å². The van der Waals surface area contributed by atoms with E-state index in [1.54, 1.807) is 24.3 Å². The molecule has 2 aliphatic rings. The molecule has 2 aliphatic heterocycles. The van der Waals surface area contributed by atoms with E-state index in [9.17, 15) is 14.4 Å². The first-order valence-electron chi connectivity index (χ1n) is 11.1. The molecular formula is C26H22N2O6S. The van der Waals surface area contributed by atoms with Gasteiger partial charge >= 0.3 is 0 Å². The zero-order valence-electron chi connectivity index (χ0n) is 18.9. The zero-order chi connectivity index (χ0) is 24.4. The predicted molar refractivity (Wildman–Crippen MR) is 134 cm³/mol. The van der Waals surface area contributed by atoms with E-state index in [2.05, 4.69) is 5.32 Å². The van der Waals surface area contributed by atoms with Crippen molar-refractivity contribution in [2.75, 3.05) is 31.7 Å². The second-order valence-electron chi connectivity index (χ2n) is 7.81. The lowest BCUT2D eigenvalue weighted by Crippen LogP contribution is -2.36. The molecule has 3 amide bonds. The van der Waals surface area contributed by atoms with E-state index in [1.165, 1.54) is 0 Å². The number of carbonyl (C=O) groups is 3. The summed E-state index contributed by atoms with van der Waals surface area (Å²) in [5, 5.41) is 4.09. The van der Waals surface area contributed by atoms with Crippen molar-refractivity contribution < 1.29 is 28.6 Å². The summed E-state index contributed by atoms with van der Waals surface area (Å²) >= 11 is 0.805. The van der Waals surface area contributed by atoms with Gasteiger partial charge in [0.2, 0.25) is 5.91 Å². The van der Waals surface area contributed by atoms with Crippen LogP contribution in [0.5, 0.6) is 17.2 Å². The van der Waals surface area contributed by atoms with E-state index in [0.717, 1.165) is 33.0 Å². The summed E-state index contributed by atoms with van der Waals surface area (Å²) in [6.45, 7) is 2.84. The number of carbonyl (C=O) groups excluding carboxylic acids is 3. The number of benzene rings is 3. The number of anilines is 1. The molecule has 1 fully saturated rings. The van der Waals surface area contributed by atoms with E-state index in [-0.39, 0.29) is 4.91 Å². The van der Waals surface area contributed by atoms with Crippen molar-refractivity contribution in [3.05, 3.63) is 65.1 Å². The highest BCUT2D eigenvalue weighted by Gasteiger charge is 2.36. The Balaban J connectivity index is 1.35. The van der Waals surface area contributed by atoms with Crippen LogP contribution in [0.1, 0.15) is 12.5 Å². The average molecular weight is 491 g/mol. The molecule has 9 heteroatoms. The lowest BCUT2D eigenvalue weighted by atomic mass is 10.0. The Kier molecular flexibility index (Phi) is 6.33. The average Bonchev–Trinajstić information content (AvgIpc) is 3.12. The van der Waals surface area contributed by atoms with Gasteiger partial charge in [-0.25, -0.2) is 0 Å². The van der Waals surface area contributed by atoms with Gasteiger partial charge in [-0.1, -0.05) is 30.3 Å². The number of thioether (sulfide) groups is 1. The highest BCUT2D eigenvalue weighted by atomic mass is 32.2. The maximum atomic E-state index is 13.1. The van der Waals surface area contributed by atoms with Crippen molar-refractivity contribution in [2.45, 2.75) is 6.92 Å². The van der Waals surface area contributed by atoms with Crippen LogP contribution >= 0.6 is 11.8 Å². The van der Waals surface area contributed by atoms with Gasteiger partial charge in [0.05, 0.1) is 11.5 Å². The summed E-state index contributed by atoms with van der Waals surface area (Å²) in [4.78, 5) is 39.5. The van der Waals surface area contributed by atoms with E-state index < -0.39 is 23.6 Å². The van der Waals surface area contributed by atoms with Crippen molar-refractivity contribution in [2.24, 2.45) is 0 Å². The molecule has 0 bridgehead atoms. The van der Waals surface area contributed by atoms with Gasteiger partial charge < -0.3 is 19.5 Å². The molecular weight excluding hydrogens is 468 g/mol. The molecule has 3 aromatic rings. The first-order chi connectivity index (χ1) is 17.0. The summed E-state index contributed by atoms with van der Waals surface area (Å²) in [6, 6.07) is 16.6. The number of hydrogen-bond acceptors (Lipinski definition) is 7. The fourth-order valence-electron chi connectivity index (χ4n) is 3.94. The van der Waals surface area contributed by atoms with Crippen molar-refractivity contribution in [1.82, 2.24) is 4.90 Å². The Bertz CT molecular complexity index is 1370. The molecule has 0 spiro atoms. The Hall–Kier alpha value is -3.98. The molecule has 0 aliphatic carbocycles. The maximum Gasteiger partial charge on any atom is 0.294 e. The number of rotatable bonds is 6. The van der Waals surface area contributed by atoms with Gasteiger partial charge in [0, 0.05) is 17.3 Å². The normalized spacial score (nSPS) is 16.1. The monoisotopic (exact) mass is 490 g/mol. The Labute approximate surface area is 205 Å². The van der Waals surface area contributed by atoms with Gasteiger partial charge in [-0.3, -0.25) is 19.3 Å². The van der Waals surface area contributed by atoms with Gasteiger partial charge in [-0.05, 0) is 53.7 Å². The molecule has 0 aromatic heterocycles. The lowest BCUT2D eigenvalue weighted by Gasteiger charge is -2.19. The van der Waals surface area contributed by atoms with Crippen LogP contribution in [0.15, 0.2) is 59.5 Å². The number of ether oxygens (including phenoxy) is 3. The largest absolute Gasteiger partial charge is 0.493 e. The van der Waals surface area contributed by atoms with Crippen LogP contribution in [0.4, 0.5) is 10.5 Å². The fraction of sp³-hybridized carbons (Fsp3) is 0.192. The van der Waals surface area contributed by atoms with Gasteiger partial charge in [0.1, 0.15) is 25.5 Å². The highest BCUT2D eigenvalue weighted by Crippen LogP contribution is 2.37. The fourth-order valence-corrected chi connectivity index (χ4v) is 4.76. The Morgan fingerprint density at radius 1 is 1.09 bits per heavy atom. The van der Waals surface area contributed by atoms with Crippen LogP contribution in [-0.4, -0.2) is 48.3 Å². The molecule has 0 radical (unpaired) electrons. The third-order valence-electron chi connectivity index (χ3n) is 5.51. The second kappa shape index (κ2) is 9.71. The number of imide groups is 1. The number of nitrogens with zero attached hydrogens (tertiary/aromatic N) is 1. The molecule has 5 rings (SSSR count). The molecule has 1 saturated heterocycles. The minimum atomic E-state index is -0.521. The molecule has 1 N–H and O–H groups in total. The summed E-state index contributed by atoms with van der Waals surface area (Å²) in [5.41, 5.74) is 1.20. The van der Waals surface area contributed by atoms with Gasteiger partial charge in [0.15, 0.2) is 11.5 Å². The summed E-state index contributed by atoms with van der Waals surface area (Å²) in [6.07, 6.45) is 1.66. The number of hydrogen-bond donors (Lipinski definition) is 1. The zero-order valence-corrected chi connectivity index (χ0v) is 19.7. The maximum absolute atomic E-state index is 13.1. The van der Waals surface area contributed by atoms with Crippen molar-refractivity contribution in [3.8, 4) is 17.2 Å². The molecule has 0 saturated carbocycles. The minimum absolute atomic E-state index is 0.236. The highest BCUT2D eigenvalue weighted by molar-refractivity contribution is 8.18. The van der Waals surface area contributed by atoms with Crippen LogP contribution in [0.25, 0.3) is 16.8 Å². The summed E-state index contributed by atoms with van der Waals surface area (Å²) in [7, 11) is 0. The minimum Gasteiger partial charge on any atom is -0.493 e. The van der Waals surface area contributed by atoms with Crippen molar-refractivity contribution in [3.63, 3.8) is 0 Å². The van der Waals surface area contributed by atoms with Gasteiger partial charge in [-0.2, -0.15) is 0 Å².